The molecule has 1 aromatic carbocycles. The highest BCUT2D eigenvalue weighted by Crippen LogP contribution is 2.19. The molecule has 2 rings (SSSR count). The molecule has 0 N–H and O–H groups in total. The molecule has 1 aliphatic rings. The van der Waals surface area contributed by atoms with Crippen LogP contribution in [-0.2, 0) is 11.2 Å². The third-order valence-electron chi connectivity index (χ3n) is 3.27. The fraction of sp³-hybridized carbons (Fsp3) is 0.462. The first-order chi connectivity index (χ1) is 8.58. The van der Waals surface area contributed by atoms with E-state index in [0.29, 0.717) is 12.0 Å². The maximum absolute atomic E-state index is 11.9. The number of hydrogen-bond acceptors (Lipinski definition) is 3. The maximum atomic E-state index is 11.9. The molecule has 0 bridgehead atoms. The molecule has 5 nitrogen and oxygen atoms in total. The molecule has 0 aromatic heterocycles. The average Bonchev–Trinajstić information content (AvgIpc) is 2.81. The minimum absolute atomic E-state index is 0.104. The second-order valence-electron chi connectivity index (χ2n) is 4.64. The highest BCUT2D eigenvalue weighted by molar-refractivity contribution is 5.79. The first-order valence-electron chi connectivity index (χ1n) is 6.09. The van der Waals surface area contributed by atoms with E-state index in [1.54, 1.807) is 19.1 Å². The van der Waals surface area contributed by atoms with Gasteiger partial charge in [0.15, 0.2) is 0 Å². The second kappa shape index (κ2) is 5.16. The Morgan fingerprint density at radius 2 is 2.06 bits per heavy atom. The summed E-state index contributed by atoms with van der Waals surface area (Å²) < 4.78 is 0. The molecule has 0 saturated carbocycles. The van der Waals surface area contributed by atoms with Crippen LogP contribution in [0.3, 0.4) is 0 Å². The van der Waals surface area contributed by atoms with Gasteiger partial charge in [0.05, 0.1) is 11.3 Å². The number of rotatable bonds is 3. The van der Waals surface area contributed by atoms with Crippen molar-refractivity contribution in [2.24, 2.45) is 0 Å². The Bertz CT molecular complexity index is 479. The van der Waals surface area contributed by atoms with Crippen LogP contribution < -0.4 is 0 Å². The van der Waals surface area contributed by atoms with Crippen molar-refractivity contribution in [1.29, 1.82) is 0 Å². The number of likely N-dealkylation sites (tertiary alicyclic amines) is 1. The third-order valence-corrected chi connectivity index (χ3v) is 3.27. The van der Waals surface area contributed by atoms with Gasteiger partial charge in [-0.05, 0) is 31.4 Å². The molecule has 1 heterocycles. The lowest BCUT2D eigenvalue weighted by molar-refractivity contribution is -0.385. The average molecular weight is 248 g/mol. The van der Waals surface area contributed by atoms with E-state index < -0.39 is 4.92 Å². The van der Waals surface area contributed by atoms with Crippen LogP contribution in [0.4, 0.5) is 5.69 Å². The highest BCUT2D eigenvalue weighted by Gasteiger charge is 2.19. The van der Waals surface area contributed by atoms with Crippen molar-refractivity contribution in [1.82, 2.24) is 4.90 Å². The van der Waals surface area contributed by atoms with Crippen molar-refractivity contribution in [3.8, 4) is 0 Å². The summed E-state index contributed by atoms with van der Waals surface area (Å²) in [5, 5.41) is 10.7. The van der Waals surface area contributed by atoms with Crippen LogP contribution in [0.5, 0.6) is 0 Å². The number of aryl methyl sites for hydroxylation is 1. The van der Waals surface area contributed by atoms with E-state index in [0.717, 1.165) is 31.5 Å². The molecule has 0 spiro atoms. The van der Waals surface area contributed by atoms with Gasteiger partial charge in [-0.2, -0.15) is 0 Å². The Morgan fingerprint density at radius 3 is 2.61 bits per heavy atom. The molecule has 1 saturated heterocycles. The Labute approximate surface area is 106 Å². The number of carbonyl (C=O) groups excluding carboxylic acids is 1. The lowest BCUT2D eigenvalue weighted by Gasteiger charge is -2.15. The van der Waals surface area contributed by atoms with Gasteiger partial charge >= 0.3 is 0 Å². The van der Waals surface area contributed by atoms with Gasteiger partial charge in [0, 0.05) is 24.7 Å². The van der Waals surface area contributed by atoms with Crippen molar-refractivity contribution in [2.45, 2.75) is 26.2 Å². The van der Waals surface area contributed by atoms with Crippen LogP contribution in [-0.4, -0.2) is 28.8 Å². The first-order valence-corrected chi connectivity index (χ1v) is 6.09. The number of amides is 1. The summed E-state index contributed by atoms with van der Waals surface area (Å²) >= 11 is 0. The van der Waals surface area contributed by atoms with E-state index in [1.165, 1.54) is 6.07 Å². The molecule has 0 aliphatic carbocycles. The maximum Gasteiger partial charge on any atom is 0.272 e. The predicted octanol–water partition coefficient (Wildman–Crippen LogP) is 2.07. The van der Waals surface area contributed by atoms with Gasteiger partial charge < -0.3 is 4.90 Å². The van der Waals surface area contributed by atoms with Gasteiger partial charge in [-0.3, -0.25) is 14.9 Å². The van der Waals surface area contributed by atoms with Gasteiger partial charge in [0.25, 0.3) is 5.69 Å². The van der Waals surface area contributed by atoms with Gasteiger partial charge in [-0.1, -0.05) is 6.07 Å². The van der Waals surface area contributed by atoms with Gasteiger partial charge in [-0.15, -0.1) is 0 Å². The van der Waals surface area contributed by atoms with Crippen molar-refractivity contribution >= 4 is 11.6 Å². The third kappa shape index (κ3) is 2.67. The second-order valence-corrected chi connectivity index (χ2v) is 4.64. The number of carbonyl (C=O) groups is 1. The standard InChI is InChI=1S/C13H16N2O3/c1-10-8-11(4-5-12(10)15(17)18)9-13(16)14-6-2-3-7-14/h4-5,8H,2-3,6-7,9H2,1H3. The van der Waals surface area contributed by atoms with Gasteiger partial charge in [-0.25, -0.2) is 0 Å². The number of hydrogen-bond donors (Lipinski definition) is 0. The van der Waals surface area contributed by atoms with Gasteiger partial charge in [0.2, 0.25) is 5.91 Å². The van der Waals surface area contributed by atoms with Crippen molar-refractivity contribution in [3.63, 3.8) is 0 Å². The molecule has 1 aromatic rings. The molecular weight excluding hydrogens is 232 g/mol. The number of benzene rings is 1. The number of nitro groups is 1. The number of nitrogens with zero attached hydrogens (tertiary/aromatic N) is 2. The molecule has 96 valence electrons. The minimum atomic E-state index is -0.401. The molecule has 1 aliphatic heterocycles. The van der Waals surface area contributed by atoms with Crippen LogP contribution in [0, 0.1) is 17.0 Å². The molecule has 5 heteroatoms. The van der Waals surface area contributed by atoms with E-state index in [-0.39, 0.29) is 11.6 Å². The summed E-state index contributed by atoms with van der Waals surface area (Å²) in [5.74, 6) is 0.112. The van der Waals surface area contributed by atoms with E-state index in [4.69, 9.17) is 0 Å². The smallest absolute Gasteiger partial charge is 0.272 e. The highest BCUT2D eigenvalue weighted by atomic mass is 16.6. The normalized spacial score (nSPS) is 14.8. The van der Waals surface area contributed by atoms with E-state index >= 15 is 0 Å². The Hall–Kier alpha value is -1.91. The SMILES string of the molecule is Cc1cc(CC(=O)N2CCCC2)ccc1[N+](=O)[O-]. The lowest BCUT2D eigenvalue weighted by atomic mass is 10.1. The van der Waals surface area contributed by atoms with Crippen LogP contribution >= 0.6 is 0 Å². The van der Waals surface area contributed by atoms with Gasteiger partial charge in [0.1, 0.15) is 0 Å². The molecule has 0 radical (unpaired) electrons. The largest absolute Gasteiger partial charge is 0.342 e. The molecule has 18 heavy (non-hydrogen) atoms. The van der Waals surface area contributed by atoms with E-state index in [9.17, 15) is 14.9 Å². The predicted molar refractivity (Wildman–Crippen MR) is 67.4 cm³/mol. The zero-order chi connectivity index (χ0) is 13.1. The first kappa shape index (κ1) is 12.5. The zero-order valence-electron chi connectivity index (χ0n) is 10.4. The molecule has 0 unspecified atom stereocenters. The lowest BCUT2D eigenvalue weighted by Crippen LogP contribution is -2.29. The monoisotopic (exact) mass is 248 g/mol. The fourth-order valence-corrected chi connectivity index (χ4v) is 2.29. The summed E-state index contributed by atoms with van der Waals surface area (Å²) in [6.07, 6.45) is 2.48. The fourth-order valence-electron chi connectivity index (χ4n) is 2.29. The minimum Gasteiger partial charge on any atom is -0.342 e. The Kier molecular flexibility index (Phi) is 3.60. The quantitative estimate of drug-likeness (QED) is 0.607. The summed E-state index contributed by atoms with van der Waals surface area (Å²) in [6, 6.07) is 4.87. The van der Waals surface area contributed by atoms with Crippen LogP contribution in [0.2, 0.25) is 0 Å². The van der Waals surface area contributed by atoms with Crippen molar-refractivity contribution in [2.75, 3.05) is 13.1 Å². The Balaban J connectivity index is 2.07. The summed E-state index contributed by atoms with van der Waals surface area (Å²) in [4.78, 5) is 24.1. The molecule has 1 amide bonds. The summed E-state index contributed by atoms with van der Waals surface area (Å²) in [7, 11) is 0. The topological polar surface area (TPSA) is 63.5 Å². The van der Waals surface area contributed by atoms with E-state index in [2.05, 4.69) is 0 Å². The van der Waals surface area contributed by atoms with Crippen LogP contribution in [0.1, 0.15) is 24.0 Å². The molecule has 1 fully saturated rings. The van der Waals surface area contributed by atoms with Crippen molar-refractivity contribution in [3.05, 3.63) is 39.4 Å². The zero-order valence-corrected chi connectivity index (χ0v) is 10.4. The van der Waals surface area contributed by atoms with Crippen LogP contribution in [0.15, 0.2) is 18.2 Å². The summed E-state index contributed by atoms with van der Waals surface area (Å²) in [5.41, 5.74) is 1.55. The van der Waals surface area contributed by atoms with E-state index in [1.807, 2.05) is 4.90 Å². The number of nitro benzene ring substituents is 1. The Morgan fingerprint density at radius 1 is 1.39 bits per heavy atom. The summed E-state index contributed by atoms with van der Waals surface area (Å²) in [6.45, 7) is 3.37. The molecular formula is C13H16N2O3. The van der Waals surface area contributed by atoms with Crippen molar-refractivity contribution < 1.29 is 9.72 Å². The van der Waals surface area contributed by atoms with Crippen LogP contribution in [0.25, 0.3) is 0 Å². The molecule has 0 atom stereocenters.